The lowest BCUT2D eigenvalue weighted by Gasteiger charge is -2.23. The van der Waals surface area contributed by atoms with Gasteiger partial charge in [0.2, 0.25) is 17.7 Å². The van der Waals surface area contributed by atoms with E-state index in [1.807, 2.05) is 0 Å². The predicted octanol–water partition coefficient (Wildman–Crippen LogP) is 10.6. The summed E-state index contributed by atoms with van der Waals surface area (Å²) in [6.45, 7) is 12.0. The van der Waals surface area contributed by atoms with E-state index in [1.165, 1.54) is 96.3 Å². The van der Waals surface area contributed by atoms with E-state index in [-0.39, 0.29) is 48.3 Å². The van der Waals surface area contributed by atoms with Crippen LogP contribution in [0.25, 0.3) is 0 Å². The molecular weight excluding hydrogens is 907 g/mol. The van der Waals surface area contributed by atoms with Crippen LogP contribution < -0.4 is 21.7 Å². The molecule has 0 fully saturated rings. The van der Waals surface area contributed by atoms with E-state index in [0.29, 0.717) is 26.3 Å². The second kappa shape index (κ2) is 48.4. The van der Waals surface area contributed by atoms with Crippen molar-refractivity contribution in [3.63, 3.8) is 0 Å². The zero-order valence-corrected chi connectivity index (χ0v) is 45.9. The van der Waals surface area contributed by atoms with Crippen LogP contribution in [-0.2, 0) is 38.2 Å². The summed E-state index contributed by atoms with van der Waals surface area (Å²) in [5.41, 5.74) is 6.15. The van der Waals surface area contributed by atoms with Crippen LogP contribution >= 0.6 is 12.6 Å². The van der Waals surface area contributed by atoms with Crippen molar-refractivity contribution in [2.24, 2.45) is 17.6 Å². The number of nitrogens with zero attached hydrogens (tertiary/aromatic N) is 1. The summed E-state index contributed by atoms with van der Waals surface area (Å²) in [5, 5.41) is 16.5. The Labute approximate surface area is 431 Å². The second-order valence-corrected chi connectivity index (χ2v) is 20.1. The molecule has 0 aromatic carbocycles. The number of ether oxygens (including phenoxy) is 2. The van der Waals surface area contributed by atoms with Crippen molar-refractivity contribution in [3.05, 3.63) is 0 Å². The van der Waals surface area contributed by atoms with Crippen LogP contribution in [-0.4, -0.2) is 109 Å². The Morgan fingerprint density at radius 2 is 0.914 bits per heavy atom. The Morgan fingerprint density at radius 1 is 0.514 bits per heavy atom. The van der Waals surface area contributed by atoms with Crippen molar-refractivity contribution in [2.75, 3.05) is 51.7 Å². The van der Waals surface area contributed by atoms with Crippen LogP contribution in [0.5, 0.6) is 0 Å². The fourth-order valence-corrected chi connectivity index (χ4v) is 8.95. The van der Waals surface area contributed by atoms with Gasteiger partial charge in [0.25, 0.3) is 0 Å². The lowest BCUT2D eigenvalue weighted by atomic mass is 9.94. The number of carboxylic acid groups (broad SMARTS) is 1. The SMILES string of the molecule is CCCCCCCCC(CCCCCC)C(=O)OCCCCCCN(CCCCCCOC(=O)C(CCCCCC)CCCCCCC)CCNC(=O)C(N)CCC(=O)NC(CS)C(=O)NCC(=O)O. The number of aliphatic carboxylic acids is 1. The van der Waals surface area contributed by atoms with Crippen LogP contribution in [0.2, 0.25) is 0 Å². The minimum Gasteiger partial charge on any atom is -0.480 e. The molecule has 0 aromatic rings. The van der Waals surface area contributed by atoms with Crippen molar-refractivity contribution in [1.82, 2.24) is 20.9 Å². The fourth-order valence-electron chi connectivity index (χ4n) is 8.69. The van der Waals surface area contributed by atoms with Crippen molar-refractivity contribution in [2.45, 2.75) is 252 Å². The first-order valence-electron chi connectivity index (χ1n) is 28.4. The Bertz CT molecular complexity index is 1330. The molecule has 0 bridgehead atoms. The molecule has 3 amide bonds. The number of carbonyl (C=O) groups is 6. The maximum Gasteiger partial charge on any atom is 0.322 e. The van der Waals surface area contributed by atoms with Crippen LogP contribution in [0.4, 0.5) is 0 Å². The van der Waals surface area contributed by atoms with E-state index in [2.05, 4.69) is 61.2 Å². The molecule has 0 spiro atoms. The molecular formula is C55H105N5O9S. The molecule has 0 saturated carbocycles. The number of nitrogens with one attached hydrogen (secondary N) is 3. The highest BCUT2D eigenvalue weighted by Crippen LogP contribution is 2.22. The summed E-state index contributed by atoms with van der Waals surface area (Å²) in [5.74, 6) is -2.76. The quantitative estimate of drug-likeness (QED) is 0.0192. The van der Waals surface area contributed by atoms with Gasteiger partial charge in [-0.05, 0) is 70.9 Å². The van der Waals surface area contributed by atoms with Gasteiger partial charge < -0.3 is 41.2 Å². The minimum atomic E-state index is -1.20. The number of esters is 2. The average Bonchev–Trinajstić information content (AvgIpc) is 3.35. The van der Waals surface area contributed by atoms with Gasteiger partial charge in [0.15, 0.2) is 0 Å². The molecule has 4 unspecified atom stereocenters. The highest BCUT2D eigenvalue weighted by molar-refractivity contribution is 7.80. The van der Waals surface area contributed by atoms with Crippen molar-refractivity contribution in [3.8, 4) is 0 Å². The van der Waals surface area contributed by atoms with Gasteiger partial charge in [0.05, 0.1) is 31.1 Å². The van der Waals surface area contributed by atoms with E-state index >= 15 is 0 Å². The number of carboxylic acids is 1. The third-order valence-corrected chi connectivity index (χ3v) is 13.6. The van der Waals surface area contributed by atoms with Gasteiger partial charge in [0.1, 0.15) is 12.6 Å². The number of thiol groups is 1. The van der Waals surface area contributed by atoms with Gasteiger partial charge in [-0.2, -0.15) is 12.6 Å². The minimum absolute atomic E-state index is 0.0112. The Hall–Kier alpha value is -2.91. The third kappa shape index (κ3) is 39.7. The smallest absolute Gasteiger partial charge is 0.322 e. The molecule has 0 aliphatic carbocycles. The molecule has 410 valence electrons. The topological polar surface area (TPSA) is 206 Å². The summed E-state index contributed by atoms with van der Waals surface area (Å²) < 4.78 is 11.7. The standard InChI is InChI=1S/C55H105N5O9S/c1-5-9-13-17-19-27-35-47(33-25-16-12-8-4)55(67)69-43-31-23-21-29-40-60(41-38-57-52(64)48(56)36-37-50(61)59-49(45-70)53(65)58-44-51(62)63)39-28-20-22-30-42-68-54(66)46(32-24-15-11-7-3)34-26-18-14-10-6-2/h46-49,70H,5-45,56H2,1-4H3,(H,57,64)(H,58,65)(H,59,61)(H,62,63). The molecule has 4 atom stereocenters. The maximum absolute atomic E-state index is 13.1. The highest BCUT2D eigenvalue weighted by atomic mass is 32.1. The van der Waals surface area contributed by atoms with Crippen LogP contribution in [0.3, 0.4) is 0 Å². The van der Waals surface area contributed by atoms with Gasteiger partial charge in [-0.1, -0.05) is 175 Å². The van der Waals surface area contributed by atoms with E-state index in [1.54, 1.807) is 0 Å². The first-order valence-corrected chi connectivity index (χ1v) is 29.1. The summed E-state index contributed by atoms with van der Waals surface area (Å²) in [7, 11) is 0. The number of hydrogen-bond acceptors (Lipinski definition) is 11. The number of nitrogens with two attached hydrogens (primary N) is 1. The zero-order chi connectivity index (χ0) is 51.9. The zero-order valence-electron chi connectivity index (χ0n) is 45.0. The van der Waals surface area contributed by atoms with Gasteiger partial charge in [-0.25, -0.2) is 0 Å². The molecule has 14 nitrogen and oxygen atoms in total. The summed E-state index contributed by atoms with van der Waals surface area (Å²) in [6, 6.07) is -1.94. The lowest BCUT2D eigenvalue weighted by Crippen LogP contribution is -2.49. The fraction of sp³-hybridized carbons (Fsp3) is 0.891. The molecule has 70 heavy (non-hydrogen) atoms. The normalized spacial score (nSPS) is 13.1. The Balaban J connectivity index is 5.11. The van der Waals surface area contributed by atoms with Gasteiger partial charge in [-0.15, -0.1) is 0 Å². The maximum atomic E-state index is 13.1. The van der Waals surface area contributed by atoms with Gasteiger partial charge in [0, 0.05) is 25.3 Å². The largest absolute Gasteiger partial charge is 0.480 e. The number of unbranched alkanes of at least 4 members (excludes halogenated alkanes) is 21. The molecule has 0 heterocycles. The first kappa shape index (κ1) is 67.1. The summed E-state index contributed by atoms with van der Waals surface area (Å²) in [4.78, 5) is 77.0. The van der Waals surface area contributed by atoms with Crippen LogP contribution in [0.1, 0.15) is 240 Å². The van der Waals surface area contributed by atoms with Crippen LogP contribution in [0.15, 0.2) is 0 Å². The second-order valence-electron chi connectivity index (χ2n) is 19.7. The molecule has 0 rings (SSSR count). The molecule has 0 aliphatic heterocycles. The number of amides is 3. The summed E-state index contributed by atoms with van der Waals surface area (Å²) in [6.07, 6.45) is 33.9. The average molecular weight is 1010 g/mol. The van der Waals surface area contributed by atoms with Gasteiger partial charge >= 0.3 is 17.9 Å². The lowest BCUT2D eigenvalue weighted by molar-refractivity contribution is -0.150. The molecule has 0 saturated heterocycles. The Kier molecular flexibility index (Phi) is 46.4. The number of hydrogen-bond donors (Lipinski definition) is 6. The monoisotopic (exact) mass is 1010 g/mol. The van der Waals surface area contributed by atoms with E-state index in [0.717, 1.165) is 116 Å². The molecule has 0 aliphatic rings. The third-order valence-electron chi connectivity index (χ3n) is 13.3. The van der Waals surface area contributed by atoms with Crippen LogP contribution in [0, 0.1) is 11.8 Å². The predicted molar refractivity (Wildman–Crippen MR) is 288 cm³/mol. The van der Waals surface area contributed by atoms with Crippen molar-refractivity contribution < 1.29 is 43.3 Å². The van der Waals surface area contributed by atoms with Crippen molar-refractivity contribution in [1.29, 1.82) is 0 Å². The molecule has 15 heteroatoms. The first-order chi connectivity index (χ1) is 33.9. The summed E-state index contributed by atoms with van der Waals surface area (Å²) >= 11 is 4.09. The Morgan fingerprint density at radius 3 is 1.34 bits per heavy atom. The number of rotatable bonds is 51. The molecule has 0 aromatic heterocycles. The molecule has 0 radical (unpaired) electrons. The van der Waals surface area contributed by atoms with E-state index < -0.39 is 36.4 Å². The van der Waals surface area contributed by atoms with Crippen molar-refractivity contribution >= 4 is 48.3 Å². The van der Waals surface area contributed by atoms with Gasteiger partial charge in [-0.3, -0.25) is 28.8 Å². The molecule has 6 N–H and O–H groups in total. The highest BCUT2D eigenvalue weighted by Gasteiger charge is 2.23. The number of carbonyl (C=O) groups excluding carboxylic acids is 5. The van der Waals surface area contributed by atoms with E-state index in [9.17, 15) is 28.8 Å². The van der Waals surface area contributed by atoms with E-state index in [4.69, 9.17) is 20.3 Å².